The molecule has 2 aromatic rings. The summed E-state index contributed by atoms with van der Waals surface area (Å²) in [6, 6.07) is 7.54. The number of aromatic nitrogens is 3. The summed E-state index contributed by atoms with van der Waals surface area (Å²) in [7, 11) is 0. The van der Waals surface area contributed by atoms with Crippen LogP contribution in [0.3, 0.4) is 0 Å². The van der Waals surface area contributed by atoms with E-state index in [2.05, 4.69) is 32.5 Å². The van der Waals surface area contributed by atoms with Gasteiger partial charge < -0.3 is 15.4 Å². The summed E-state index contributed by atoms with van der Waals surface area (Å²) in [6.07, 6.45) is 0.977. The minimum Gasteiger partial charge on any atom is -0.494 e. The summed E-state index contributed by atoms with van der Waals surface area (Å²) in [6.45, 7) is 5.43. The standard InChI is InChI=1S/C14H18ClN5O/c1-3-9-16-13-18-12(15)19-14(20-13)17-10-5-7-11(8-6-10)21-4-2/h5-8H,3-4,9H2,1-2H3,(H2,16,17,18,19,20). The maximum Gasteiger partial charge on any atom is 0.233 e. The van der Waals surface area contributed by atoms with E-state index in [0.29, 0.717) is 18.5 Å². The van der Waals surface area contributed by atoms with Crippen LogP contribution >= 0.6 is 11.6 Å². The van der Waals surface area contributed by atoms with Gasteiger partial charge in [0.15, 0.2) is 0 Å². The van der Waals surface area contributed by atoms with E-state index in [0.717, 1.165) is 24.4 Å². The van der Waals surface area contributed by atoms with E-state index in [1.165, 1.54) is 0 Å². The van der Waals surface area contributed by atoms with Crippen molar-refractivity contribution in [2.24, 2.45) is 0 Å². The van der Waals surface area contributed by atoms with Crippen molar-refractivity contribution < 1.29 is 4.74 Å². The van der Waals surface area contributed by atoms with Gasteiger partial charge >= 0.3 is 0 Å². The predicted molar refractivity (Wildman–Crippen MR) is 84.5 cm³/mol. The van der Waals surface area contributed by atoms with E-state index in [-0.39, 0.29) is 5.28 Å². The number of hydrogen-bond acceptors (Lipinski definition) is 6. The van der Waals surface area contributed by atoms with Crippen LogP contribution in [0.15, 0.2) is 24.3 Å². The SMILES string of the molecule is CCCNc1nc(Cl)nc(Nc2ccc(OCC)cc2)n1. The minimum absolute atomic E-state index is 0.150. The molecular formula is C14H18ClN5O. The van der Waals surface area contributed by atoms with Gasteiger partial charge in [-0.2, -0.15) is 15.0 Å². The molecule has 6 nitrogen and oxygen atoms in total. The Morgan fingerprint density at radius 3 is 2.43 bits per heavy atom. The van der Waals surface area contributed by atoms with E-state index in [1.807, 2.05) is 31.2 Å². The molecule has 2 N–H and O–H groups in total. The molecule has 2 rings (SSSR count). The van der Waals surface area contributed by atoms with E-state index in [9.17, 15) is 0 Å². The predicted octanol–water partition coefficient (Wildman–Crippen LogP) is 3.49. The van der Waals surface area contributed by atoms with Gasteiger partial charge in [-0.15, -0.1) is 0 Å². The van der Waals surface area contributed by atoms with Crippen LogP contribution in [-0.4, -0.2) is 28.1 Å². The number of nitrogens with one attached hydrogen (secondary N) is 2. The first-order valence-corrected chi connectivity index (χ1v) is 7.24. The van der Waals surface area contributed by atoms with Gasteiger partial charge in [-0.25, -0.2) is 0 Å². The molecule has 0 atom stereocenters. The van der Waals surface area contributed by atoms with Crippen LogP contribution < -0.4 is 15.4 Å². The highest BCUT2D eigenvalue weighted by Gasteiger charge is 2.05. The molecule has 0 spiro atoms. The second-order valence-corrected chi connectivity index (χ2v) is 4.60. The van der Waals surface area contributed by atoms with E-state index >= 15 is 0 Å². The summed E-state index contributed by atoms with van der Waals surface area (Å²) in [4.78, 5) is 12.3. The third-order valence-corrected chi connectivity index (χ3v) is 2.73. The molecule has 1 aromatic heterocycles. The van der Waals surface area contributed by atoms with E-state index in [4.69, 9.17) is 16.3 Å². The fraction of sp³-hybridized carbons (Fsp3) is 0.357. The third kappa shape index (κ3) is 4.75. The summed E-state index contributed by atoms with van der Waals surface area (Å²) in [5, 5.41) is 6.32. The zero-order chi connectivity index (χ0) is 15.1. The van der Waals surface area contributed by atoms with Crippen molar-refractivity contribution in [3.05, 3.63) is 29.5 Å². The molecular weight excluding hydrogens is 290 g/mol. The molecule has 0 unspecified atom stereocenters. The number of ether oxygens (including phenoxy) is 1. The van der Waals surface area contributed by atoms with Crippen LogP contribution in [0, 0.1) is 0 Å². The number of benzene rings is 1. The van der Waals surface area contributed by atoms with Crippen LogP contribution in [0.1, 0.15) is 20.3 Å². The Balaban J connectivity index is 2.09. The smallest absolute Gasteiger partial charge is 0.233 e. The van der Waals surface area contributed by atoms with Crippen molar-refractivity contribution in [1.29, 1.82) is 0 Å². The lowest BCUT2D eigenvalue weighted by Gasteiger charge is -2.08. The van der Waals surface area contributed by atoms with Crippen LogP contribution in [0.5, 0.6) is 5.75 Å². The van der Waals surface area contributed by atoms with Gasteiger partial charge in [0, 0.05) is 12.2 Å². The number of anilines is 3. The molecule has 1 heterocycles. The van der Waals surface area contributed by atoms with Crippen LogP contribution in [0.4, 0.5) is 17.6 Å². The highest BCUT2D eigenvalue weighted by Crippen LogP contribution is 2.19. The topological polar surface area (TPSA) is 72.0 Å². The highest BCUT2D eigenvalue weighted by molar-refractivity contribution is 6.28. The average Bonchev–Trinajstić information content (AvgIpc) is 2.47. The van der Waals surface area contributed by atoms with Gasteiger partial charge in [-0.1, -0.05) is 6.92 Å². The lowest BCUT2D eigenvalue weighted by Crippen LogP contribution is -2.07. The van der Waals surface area contributed by atoms with Crippen molar-refractivity contribution in [2.45, 2.75) is 20.3 Å². The van der Waals surface area contributed by atoms with Gasteiger partial charge in [0.1, 0.15) is 5.75 Å². The van der Waals surface area contributed by atoms with Crippen molar-refractivity contribution in [3.8, 4) is 5.75 Å². The molecule has 1 aromatic carbocycles. The second-order valence-electron chi connectivity index (χ2n) is 4.26. The number of halogens is 1. The molecule has 0 radical (unpaired) electrons. The molecule has 0 aliphatic heterocycles. The maximum atomic E-state index is 5.90. The van der Waals surface area contributed by atoms with E-state index < -0.39 is 0 Å². The molecule has 7 heteroatoms. The molecule has 0 bridgehead atoms. The zero-order valence-electron chi connectivity index (χ0n) is 12.1. The van der Waals surface area contributed by atoms with Gasteiger partial charge in [-0.05, 0) is 49.2 Å². The Morgan fingerprint density at radius 1 is 1.05 bits per heavy atom. The van der Waals surface area contributed by atoms with Crippen LogP contribution in [-0.2, 0) is 0 Å². The summed E-state index contributed by atoms with van der Waals surface area (Å²) in [5.74, 6) is 1.69. The van der Waals surface area contributed by atoms with Gasteiger partial charge in [-0.3, -0.25) is 0 Å². The average molecular weight is 308 g/mol. The van der Waals surface area contributed by atoms with Crippen molar-refractivity contribution in [3.63, 3.8) is 0 Å². The molecule has 0 aliphatic carbocycles. The van der Waals surface area contributed by atoms with Crippen LogP contribution in [0.2, 0.25) is 5.28 Å². The lowest BCUT2D eigenvalue weighted by molar-refractivity contribution is 0.340. The Labute approximate surface area is 128 Å². The lowest BCUT2D eigenvalue weighted by atomic mass is 10.3. The number of hydrogen-bond donors (Lipinski definition) is 2. The quantitative estimate of drug-likeness (QED) is 0.816. The summed E-state index contributed by atoms with van der Waals surface area (Å²) < 4.78 is 5.39. The van der Waals surface area contributed by atoms with Crippen molar-refractivity contribution >= 4 is 29.2 Å². The number of rotatable bonds is 7. The molecule has 0 aliphatic rings. The van der Waals surface area contributed by atoms with Crippen molar-refractivity contribution in [1.82, 2.24) is 15.0 Å². The summed E-state index contributed by atoms with van der Waals surface area (Å²) >= 11 is 5.90. The fourth-order valence-corrected chi connectivity index (χ4v) is 1.81. The molecule has 0 fully saturated rings. The Morgan fingerprint density at radius 2 is 1.76 bits per heavy atom. The highest BCUT2D eigenvalue weighted by atomic mass is 35.5. The van der Waals surface area contributed by atoms with Gasteiger partial charge in [0.05, 0.1) is 6.61 Å². The zero-order valence-corrected chi connectivity index (χ0v) is 12.8. The Hall–Kier alpha value is -2.08. The Kier molecular flexibility index (Phi) is 5.57. The summed E-state index contributed by atoms with van der Waals surface area (Å²) in [5.41, 5.74) is 0.849. The number of nitrogens with zero attached hydrogens (tertiary/aromatic N) is 3. The normalized spacial score (nSPS) is 10.2. The van der Waals surface area contributed by atoms with E-state index in [1.54, 1.807) is 0 Å². The third-order valence-electron chi connectivity index (χ3n) is 2.56. The first kappa shape index (κ1) is 15.3. The van der Waals surface area contributed by atoms with Crippen LogP contribution in [0.25, 0.3) is 0 Å². The van der Waals surface area contributed by atoms with Gasteiger partial charge in [0.2, 0.25) is 17.2 Å². The van der Waals surface area contributed by atoms with Gasteiger partial charge in [0.25, 0.3) is 0 Å². The molecule has 0 saturated carbocycles. The maximum absolute atomic E-state index is 5.90. The first-order valence-electron chi connectivity index (χ1n) is 6.86. The molecule has 0 amide bonds. The second kappa shape index (κ2) is 7.64. The minimum atomic E-state index is 0.150. The van der Waals surface area contributed by atoms with Crippen molar-refractivity contribution in [2.75, 3.05) is 23.8 Å². The monoisotopic (exact) mass is 307 g/mol. The largest absolute Gasteiger partial charge is 0.494 e. The Bertz CT molecular complexity index is 576. The molecule has 0 saturated heterocycles. The fourth-order valence-electron chi connectivity index (χ4n) is 1.65. The first-order chi connectivity index (χ1) is 10.2. The molecule has 112 valence electrons. The molecule has 21 heavy (non-hydrogen) atoms.